The van der Waals surface area contributed by atoms with Crippen molar-refractivity contribution in [2.75, 3.05) is 19.0 Å². The molecule has 0 aliphatic rings. The van der Waals surface area contributed by atoms with Gasteiger partial charge in [0.05, 0.1) is 29.2 Å². The van der Waals surface area contributed by atoms with Crippen LogP contribution < -0.4 is 4.74 Å². The molecule has 0 N–H and O–H groups in total. The van der Waals surface area contributed by atoms with Crippen molar-refractivity contribution in [2.45, 2.75) is 18.2 Å². The molecule has 0 saturated carbocycles. The first-order valence-electron chi connectivity index (χ1n) is 6.50. The highest BCUT2D eigenvalue weighted by Crippen LogP contribution is 2.31. The summed E-state index contributed by atoms with van der Waals surface area (Å²) >= 11 is 2.72. The van der Waals surface area contributed by atoms with Gasteiger partial charge in [-0.2, -0.15) is 0 Å². The number of nitrogens with zero attached hydrogens (tertiary/aromatic N) is 1. The number of fused-ring (bicyclic) bond motifs is 1. The molecule has 1 aromatic carbocycles. The lowest BCUT2D eigenvalue weighted by atomic mass is 10.3. The Hall–Kier alpha value is -1.60. The number of hydrogen-bond acceptors (Lipinski definition) is 7. The van der Waals surface area contributed by atoms with Crippen LogP contribution in [-0.4, -0.2) is 35.7 Å². The summed E-state index contributed by atoms with van der Waals surface area (Å²) in [5.41, 5.74) is 0.856. The minimum absolute atomic E-state index is 0.0387. The predicted molar refractivity (Wildman–Crippen MR) is 83.2 cm³/mol. The number of thioether (sulfide) groups is 1. The van der Waals surface area contributed by atoms with E-state index in [9.17, 15) is 9.59 Å². The van der Waals surface area contributed by atoms with Crippen molar-refractivity contribution in [3.63, 3.8) is 0 Å². The molecule has 7 heteroatoms. The molecule has 112 valence electrons. The number of benzene rings is 1. The van der Waals surface area contributed by atoms with Crippen molar-refractivity contribution < 1.29 is 19.1 Å². The first-order chi connectivity index (χ1) is 10.1. The number of carbonyl (C=O) groups excluding carboxylic acids is 2. The molecule has 0 unspecified atom stereocenters. The molecule has 2 rings (SSSR count). The summed E-state index contributed by atoms with van der Waals surface area (Å²) in [6.07, 6.45) is 0. The lowest BCUT2D eigenvalue weighted by Crippen LogP contribution is -2.19. The highest BCUT2D eigenvalue weighted by molar-refractivity contribution is 8.01. The number of rotatable bonds is 7. The molecular weight excluding hydrogens is 310 g/mol. The third-order valence-corrected chi connectivity index (χ3v) is 4.64. The van der Waals surface area contributed by atoms with Crippen LogP contribution in [0.25, 0.3) is 10.2 Å². The first kappa shape index (κ1) is 15.8. The monoisotopic (exact) mass is 325 g/mol. The van der Waals surface area contributed by atoms with Crippen LogP contribution in [0.3, 0.4) is 0 Å². The Bertz CT molecular complexity index is 653. The van der Waals surface area contributed by atoms with Gasteiger partial charge in [0.2, 0.25) is 5.78 Å². The van der Waals surface area contributed by atoms with Crippen LogP contribution in [0.4, 0.5) is 0 Å². The second kappa shape index (κ2) is 7.42. The van der Waals surface area contributed by atoms with Gasteiger partial charge < -0.3 is 9.47 Å². The number of thiazole rings is 1. The van der Waals surface area contributed by atoms with Gasteiger partial charge in [-0.1, -0.05) is 11.8 Å². The fraction of sp³-hybridized carbons (Fsp3) is 0.357. The largest absolute Gasteiger partial charge is 0.494 e. The Morgan fingerprint density at radius 1 is 1.29 bits per heavy atom. The molecule has 1 aromatic heterocycles. The standard InChI is InChI=1S/C14H15NO4S2/c1-3-18-9-5-6-10-12(7-9)21-14(15-10)20-8-11(16)13(17)19-4-2/h5-7H,3-4,8H2,1-2H3. The van der Waals surface area contributed by atoms with E-state index in [1.54, 1.807) is 6.92 Å². The fourth-order valence-electron chi connectivity index (χ4n) is 1.60. The van der Waals surface area contributed by atoms with Gasteiger partial charge in [0.15, 0.2) is 4.34 Å². The van der Waals surface area contributed by atoms with Crippen molar-refractivity contribution in [1.29, 1.82) is 0 Å². The number of ether oxygens (including phenoxy) is 2. The van der Waals surface area contributed by atoms with Crippen LogP contribution in [-0.2, 0) is 14.3 Å². The van der Waals surface area contributed by atoms with Crippen LogP contribution in [0.2, 0.25) is 0 Å². The zero-order valence-corrected chi connectivity index (χ0v) is 13.4. The van der Waals surface area contributed by atoms with E-state index in [1.165, 1.54) is 23.1 Å². The molecule has 21 heavy (non-hydrogen) atoms. The molecule has 0 radical (unpaired) electrons. The fourth-order valence-corrected chi connectivity index (χ4v) is 3.54. The van der Waals surface area contributed by atoms with E-state index < -0.39 is 11.8 Å². The number of Topliss-reactive ketones (excluding diaryl/α,β-unsaturated/α-hetero) is 1. The van der Waals surface area contributed by atoms with E-state index in [4.69, 9.17) is 4.74 Å². The Labute approximate surface area is 130 Å². The van der Waals surface area contributed by atoms with E-state index in [2.05, 4.69) is 9.72 Å². The lowest BCUT2D eigenvalue weighted by molar-refractivity contribution is -0.152. The summed E-state index contributed by atoms with van der Waals surface area (Å²) in [4.78, 5) is 27.2. The van der Waals surface area contributed by atoms with Crippen molar-refractivity contribution in [3.05, 3.63) is 18.2 Å². The molecule has 0 spiro atoms. The smallest absolute Gasteiger partial charge is 0.375 e. The maximum Gasteiger partial charge on any atom is 0.375 e. The summed E-state index contributed by atoms with van der Waals surface area (Å²) in [6, 6.07) is 5.67. The number of carbonyl (C=O) groups is 2. The summed E-state index contributed by atoms with van der Waals surface area (Å²) in [6.45, 7) is 4.41. The van der Waals surface area contributed by atoms with E-state index in [0.717, 1.165) is 20.3 Å². The van der Waals surface area contributed by atoms with Gasteiger partial charge in [-0.05, 0) is 32.0 Å². The zero-order chi connectivity index (χ0) is 15.2. The Kier molecular flexibility index (Phi) is 5.58. The van der Waals surface area contributed by atoms with Gasteiger partial charge in [0.25, 0.3) is 0 Å². The van der Waals surface area contributed by atoms with Crippen molar-refractivity contribution in [1.82, 2.24) is 4.98 Å². The minimum atomic E-state index is -0.787. The maximum atomic E-state index is 11.5. The van der Waals surface area contributed by atoms with E-state index in [1.807, 2.05) is 25.1 Å². The molecule has 0 fully saturated rings. The highest BCUT2D eigenvalue weighted by Gasteiger charge is 2.16. The molecule has 0 bridgehead atoms. The van der Waals surface area contributed by atoms with Gasteiger partial charge in [-0.3, -0.25) is 4.79 Å². The van der Waals surface area contributed by atoms with Crippen molar-refractivity contribution in [3.8, 4) is 5.75 Å². The third-order valence-electron chi connectivity index (χ3n) is 2.48. The van der Waals surface area contributed by atoms with E-state index in [-0.39, 0.29) is 12.4 Å². The number of esters is 1. The Balaban J connectivity index is 2.02. The maximum absolute atomic E-state index is 11.5. The van der Waals surface area contributed by atoms with Gasteiger partial charge in [-0.15, -0.1) is 11.3 Å². The normalized spacial score (nSPS) is 10.6. The van der Waals surface area contributed by atoms with Gasteiger partial charge in [0, 0.05) is 0 Å². The third kappa shape index (κ3) is 4.18. The topological polar surface area (TPSA) is 65.5 Å². The molecule has 0 atom stereocenters. The molecular formula is C14H15NO4S2. The van der Waals surface area contributed by atoms with E-state index >= 15 is 0 Å². The van der Waals surface area contributed by atoms with Crippen LogP contribution >= 0.6 is 23.1 Å². The molecule has 0 amide bonds. The molecule has 5 nitrogen and oxygen atoms in total. The minimum Gasteiger partial charge on any atom is -0.494 e. The van der Waals surface area contributed by atoms with Gasteiger partial charge >= 0.3 is 5.97 Å². The van der Waals surface area contributed by atoms with E-state index in [0.29, 0.717) is 6.61 Å². The molecule has 2 aromatic rings. The van der Waals surface area contributed by atoms with Crippen LogP contribution in [0.1, 0.15) is 13.8 Å². The summed E-state index contributed by atoms with van der Waals surface area (Å²) in [7, 11) is 0. The quantitative estimate of drug-likeness (QED) is 0.443. The average molecular weight is 325 g/mol. The predicted octanol–water partition coefficient (Wildman–Crippen LogP) is 2.92. The van der Waals surface area contributed by atoms with Crippen LogP contribution in [0.15, 0.2) is 22.5 Å². The highest BCUT2D eigenvalue weighted by atomic mass is 32.2. The number of hydrogen-bond donors (Lipinski definition) is 0. The first-order valence-corrected chi connectivity index (χ1v) is 8.30. The molecule has 0 saturated heterocycles. The lowest BCUT2D eigenvalue weighted by Gasteiger charge is -2.00. The zero-order valence-electron chi connectivity index (χ0n) is 11.8. The second-order valence-corrected chi connectivity index (χ2v) is 6.23. The number of aromatic nitrogens is 1. The van der Waals surface area contributed by atoms with Crippen molar-refractivity contribution >= 4 is 45.1 Å². The Morgan fingerprint density at radius 3 is 2.81 bits per heavy atom. The number of ketones is 1. The SMILES string of the molecule is CCOC(=O)C(=O)CSc1nc2ccc(OCC)cc2s1. The summed E-state index contributed by atoms with van der Waals surface area (Å²) in [5.74, 6) is -0.495. The van der Waals surface area contributed by atoms with Gasteiger partial charge in [-0.25, -0.2) is 9.78 Å². The average Bonchev–Trinajstić information content (AvgIpc) is 2.87. The second-order valence-electron chi connectivity index (χ2n) is 3.97. The summed E-state index contributed by atoms with van der Waals surface area (Å²) < 4.78 is 11.8. The van der Waals surface area contributed by atoms with Gasteiger partial charge in [0.1, 0.15) is 5.75 Å². The molecule has 0 aliphatic carbocycles. The molecule has 0 aliphatic heterocycles. The Morgan fingerprint density at radius 2 is 2.10 bits per heavy atom. The van der Waals surface area contributed by atoms with Crippen LogP contribution in [0.5, 0.6) is 5.75 Å². The summed E-state index contributed by atoms with van der Waals surface area (Å²) in [5, 5.41) is 0. The molecule has 1 heterocycles. The van der Waals surface area contributed by atoms with Crippen LogP contribution in [0, 0.1) is 0 Å². The van der Waals surface area contributed by atoms with Crippen molar-refractivity contribution in [2.24, 2.45) is 0 Å².